The van der Waals surface area contributed by atoms with Crippen LogP contribution in [0.5, 0.6) is 0 Å². The van der Waals surface area contributed by atoms with Gasteiger partial charge in [0.05, 0.1) is 6.04 Å². The molecule has 4 N–H and O–H groups in total. The van der Waals surface area contributed by atoms with Gasteiger partial charge >= 0.3 is 0 Å². The fourth-order valence-corrected chi connectivity index (χ4v) is 5.08. The van der Waals surface area contributed by atoms with Gasteiger partial charge in [0, 0.05) is 24.0 Å². The first-order valence-electron chi connectivity index (χ1n) is 13.6. The molecule has 0 aliphatic carbocycles. The molecule has 38 heavy (non-hydrogen) atoms. The molecule has 208 valence electrons. The molecule has 1 aliphatic heterocycles. The quantitative estimate of drug-likeness (QED) is 0.389. The molecule has 4 atom stereocenters. The van der Waals surface area contributed by atoms with E-state index in [9.17, 15) is 14.0 Å². The predicted molar refractivity (Wildman–Crippen MR) is 158 cm³/mol. The third-order valence-electron chi connectivity index (χ3n) is 6.63. The lowest BCUT2D eigenvalue weighted by molar-refractivity contribution is -0.141. The standard InChI is InChI=1S/C28H38FN4O2P.C2H6/c1-5-22(19-11-13-20(14-12-19)25-21(29)8-6-10-24(25)36)32-27(34)23-9-7-15-33(23)28(35)26(17(2)3)31-16-18(4)30;1-2/h6,8,10-14,16-17,22-23,26,31H,5,7,9,15,30,36H2,1-4H3,(H,32,34);1-2H3/b18-16-;. The Morgan fingerprint density at radius 2 is 1.84 bits per heavy atom. The first kappa shape index (κ1) is 31.3. The number of likely N-dealkylation sites (tertiary alicyclic amines) is 1. The van der Waals surface area contributed by atoms with Gasteiger partial charge in [-0.3, -0.25) is 9.59 Å². The van der Waals surface area contributed by atoms with E-state index in [1.165, 1.54) is 6.07 Å². The van der Waals surface area contributed by atoms with Crippen LogP contribution in [0.4, 0.5) is 4.39 Å². The Labute approximate surface area is 229 Å². The molecule has 0 spiro atoms. The number of benzene rings is 2. The molecular formula is C30H44FN4O2P. The van der Waals surface area contributed by atoms with Crippen LogP contribution in [0, 0.1) is 11.7 Å². The molecule has 0 bridgehead atoms. The number of nitrogens with two attached hydrogens (primary N) is 1. The number of amides is 2. The zero-order valence-electron chi connectivity index (χ0n) is 23.6. The van der Waals surface area contributed by atoms with Crippen LogP contribution in [0.2, 0.25) is 0 Å². The van der Waals surface area contributed by atoms with Crippen molar-refractivity contribution < 1.29 is 14.0 Å². The molecular weight excluding hydrogens is 498 g/mol. The third kappa shape index (κ3) is 7.80. The summed E-state index contributed by atoms with van der Waals surface area (Å²) in [5.74, 6) is -0.467. The van der Waals surface area contributed by atoms with E-state index in [0.29, 0.717) is 30.6 Å². The van der Waals surface area contributed by atoms with Crippen molar-refractivity contribution in [3.63, 3.8) is 0 Å². The molecule has 1 heterocycles. The molecule has 2 amide bonds. The Morgan fingerprint density at radius 1 is 1.18 bits per heavy atom. The van der Waals surface area contributed by atoms with Gasteiger partial charge in [0.2, 0.25) is 11.8 Å². The van der Waals surface area contributed by atoms with Gasteiger partial charge in [0.1, 0.15) is 17.9 Å². The number of nitrogens with one attached hydrogen (secondary N) is 2. The Hall–Kier alpha value is -2.92. The van der Waals surface area contributed by atoms with Gasteiger partial charge < -0.3 is 21.3 Å². The first-order valence-corrected chi connectivity index (χ1v) is 14.1. The van der Waals surface area contributed by atoms with Crippen molar-refractivity contribution in [2.75, 3.05) is 6.54 Å². The molecule has 1 saturated heterocycles. The molecule has 1 fully saturated rings. The second-order valence-corrected chi connectivity index (χ2v) is 10.4. The van der Waals surface area contributed by atoms with Gasteiger partial charge in [0.15, 0.2) is 0 Å². The summed E-state index contributed by atoms with van der Waals surface area (Å²) in [7, 11) is 2.57. The van der Waals surface area contributed by atoms with Crippen molar-refractivity contribution >= 4 is 26.4 Å². The van der Waals surface area contributed by atoms with Gasteiger partial charge in [-0.25, -0.2) is 4.39 Å². The molecule has 1 aliphatic rings. The Kier molecular flexibility index (Phi) is 12.2. The Balaban J connectivity index is 0.00000247. The normalized spacial score (nSPS) is 16.9. The van der Waals surface area contributed by atoms with Crippen molar-refractivity contribution in [2.45, 2.75) is 78.9 Å². The van der Waals surface area contributed by atoms with E-state index in [2.05, 4.69) is 19.9 Å². The smallest absolute Gasteiger partial charge is 0.245 e. The number of nitrogens with zero attached hydrogens (tertiary/aromatic N) is 1. The summed E-state index contributed by atoms with van der Waals surface area (Å²) in [6.07, 6.45) is 3.75. The van der Waals surface area contributed by atoms with Crippen LogP contribution in [0.1, 0.15) is 72.4 Å². The molecule has 4 unspecified atom stereocenters. The topological polar surface area (TPSA) is 87.5 Å². The number of carbonyl (C=O) groups excluding carboxylic acids is 2. The number of rotatable bonds is 9. The van der Waals surface area contributed by atoms with Crippen molar-refractivity contribution in [3.05, 3.63) is 65.7 Å². The van der Waals surface area contributed by atoms with Crippen molar-refractivity contribution in [3.8, 4) is 11.1 Å². The van der Waals surface area contributed by atoms with Crippen LogP contribution in [0.3, 0.4) is 0 Å². The van der Waals surface area contributed by atoms with Gasteiger partial charge in [-0.15, -0.1) is 9.24 Å². The van der Waals surface area contributed by atoms with E-state index in [-0.39, 0.29) is 29.6 Å². The van der Waals surface area contributed by atoms with E-state index in [0.717, 1.165) is 22.9 Å². The maximum absolute atomic E-state index is 14.4. The summed E-state index contributed by atoms with van der Waals surface area (Å²) < 4.78 is 14.4. The highest BCUT2D eigenvalue weighted by Gasteiger charge is 2.38. The lowest BCUT2D eigenvalue weighted by Crippen LogP contribution is -2.53. The van der Waals surface area contributed by atoms with Crippen LogP contribution >= 0.6 is 9.24 Å². The fraction of sp³-hybridized carbons (Fsp3) is 0.467. The van der Waals surface area contributed by atoms with Crippen LogP contribution in [-0.2, 0) is 9.59 Å². The monoisotopic (exact) mass is 542 g/mol. The first-order chi connectivity index (χ1) is 18.1. The van der Waals surface area contributed by atoms with E-state index < -0.39 is 12.1 Å². The van der Waals surface area contributed by atoms with Gasteiger partial charge in [0.25, 0.3) is 0 Å². The summed E-state index contributed by atoms with van der Waals surface area (Å²) in [4.78, 5) is 28.4. The predicted octanol–water partition coefficient (Wildman–Crippen LogP) is 5.01. The Bertz CT molecular complexity index is 1080. The SMILES string of the molecule is CC.CCC(NC(=O)C1CCCN1C(=O)C(N/C=C(/C)N)C(C)C)c1ccc(-c2c(F)cccc2P)cc1. The van der Waals surface area contributed by atoms with E-state index >= 15 is 0 Å². The minimum atomic E-state index is -0.505. The lowest BCUT2D eigenvalue weighted by atomic mass is 9.98. The third-order valence-corrected chi connectivity index (χ3v) is 7.12. The zero-order valence-corrected chi connectivity index (χ0v) is 24.7. The van der Waals surface area contributed by atoms with Crippen LogP contribution in [0.15, 0.2) is 54.4 Å². The van der Waals surface area contributed by atoms with Crippen molar-refractivity contribution in [2.24, 2.45) is 11.7 Å². The molecule has 2 aromatic rings. The van der Waals surface area contributed by atoms with Crippen LogP contribution in [0.25, 0.3) is 11.1 Å². The van der Waals surface area contributed by atoms with E-state index in [1.54, 1.807) is 24.1 Å². The molecule has 8 heteroatoms. The number of hydrogen-bond acceptors (Lipinski definition) is 4. The van der Waals surface area contributed by atoms with Gasteiger partial charge in [-0.1, -0.05) is 71.0 Å². The minimum Gasteiger partial charge on any atom is -0.401 e. The lowest BCUT2D eigenvalue weighted by Gasteiger charge is -2.31. The number of carbonyl (C=O) groups is 2. The maximum Gasteiger partial charge on any atom is 0.245 e. The summed E-state index contributed by atoms with van der Waals surface area (Å²) in [6.45, 7) is 12.3. The molecule has 3 rings (SSSR count). The molecule has 6 nitrogen and oxygen atoms in total. The fourth-order valence-electron chi connectivity index (χ4n) is 4.67. The highest BCUT2D eigenvalue weighted by molar-refractivity contribution is 7.28. The molecule has 0 radical (unpaired) electrons. The molecule has 0 saturated carbocycles. The second kappa shape index (κ2) is 14.9. The van der Waals surface area contributed by atoms with Gasteiger partial charge in [-0.2, -0.15) is 0 Å². The highest BCUT2D eigenvalue weighted by Crippen LogP contribution is 2.27. The van der Waals surface area contributed by atoms with Crippen molar-refractivity contribution in [1.82, 2.24) is 15.5 Å². The summed E-state index contributed by atoms with van der Waals surface area (Å²) >= 11 is 0. The number of halogens is 1. The number of hydrogen-bond donors (Lipinski definition) is 3. The molecule has 0 aromatic heterocycles. The average molecular weight is 543 g/mol. The minimum absolute atomic E-state index is 0.0378. The Morgan fingerprint density at radius 3 is 2.39 bits per heavy atom. The summed E-state index contributed by atoms with van der Waals surface area (Å²) in [5.41, 5.74) is 8.61. The van der Waals surface area contributed by atoms with E-state index in [1.807, 2.05) is 65.0 Å². The van der Waals surface area contributed by atoms with Gasteiger partial charge in [-0.05, 0) is 54.6 Å². The van der Waals surface area contributed by atoms with E-state index in [4.69, 9.17) is 5.73 Å². The second-order valence-electron chi connectivity index (χ2n) is 9.76. The van der Waals surface area contributed by atoms with Crippen LogP contribution < -0.4 is 21.7 Å². The summed E-state index contributed by atoms with van der Waals surface area (Å²) in [5, 5.41) is 7.06. The van der Waals surface area contributed by atoms with Crippen LogP contribution in [-0.4, -0.2) is 35.3 Å². The van der Waals surface area contributed by atoms with Crippen molar-refractivity contribution in [1.29, 1.82) is 0 Å². The number of allylic oxidation sites excluding steroid dienone is 1. The average Bonchev–Trinajstić information content (AvgIpc) is 3.39. The molecule has 2 aromatic carbocycles. The highest BCUT2D eigenvalue weighted by atomic mass is 31.0. The largest absolute Gasteiger partial charge is 0.401 e. The maximum atomic E-state index is 14.4. The summed E-state index contributed by atoms with van der Waals surface area (Å²) in [6, 6.07) is 11.5. The zero-order chi connectivity index (χ0) is 28.4.